The summed E-state index contributed by atoms with van der Waals surface area (Å²) in [4.78, 5) is 0.336. The molecular weight excluding hydrogens is 286 g/mol. The molecular formula is C15H27N3O2S. The number of hydrogen-bond donors (Lipinski definition) is 3. The minimum atomic E-state index is -3.52. The third-order valence-electron chi connectivity index (χ3n) is 3.95. The average molecular weight is 313 g/mol. The number of hydrazine groups is 1. The van der Waals surface area contributed by atoms with Gasteiger partial charge >= 0.3 is 0 Å². The molecule has 0 amide bonds. The second-order valence-electron chi connectivity index (χ2n) is 6.70. The maximum absolute atomic E-state index is 12.5. The number of sulfonamides is 1. The van der Waals surface area contributed by atoms with Crippen molar-refractivity contribution in [3.8, 4) is 0 Å². The molecule has 21 heavy (non-hydrogen) atoms. The molecule has 0 radical (unpaired) electrons. The smallest absolute Gasteiger partial charge is 0.241 e. The Morgan fingerprint density at radius 3 is 2.05 bits per heavy atom. The average Bonchev–Trinajstić information content (AvgIpc) is 2.33. The zero-order valence-corrected chi connectivity index (χ0v) is 14.6. The van der Waals surface area contributed by atoms with E-state index in [1.54, 1.807) is 26.0 Å². The molecule has 0 aliphatic carbocycles. The van der Waals surface area contributed by atoms with Gasteiger partial charge in [0, 0.05) is 12.2 Å². The molecule has 1 unspecified atom stereocenters. The number of hydrogen-bond acceptors (Lipinski definition) is 4. The van der Waals surface area contributed by atoms with Crippen molar-refractivity contribution in [2.24, 2.45) is 17.2 Å². The minimum Gasteiger partial charge on any atom is -0.324 e. The molecule has 0 spiro atoms. The summed E-state index contributed by atoms with van der Waals surface area (Å²) in [5.41, 5.74) is 4.66. The van der Waals surface area contributed by atoms with Gasteiger partial charge in [-0.1, -0.05) is 27.7 Å². The van der Waals surface area contributed by atoms with E-state index in [0.29, 0.717) is 28.3 Å². The lowest BCUT2D eigenvalue weighted by atomic mass is 9.82. The molecule has 5 nitrogen and oxygen atoms in total. The van der Waals surface area contributed by atoms with E-state index >= 15 is 0 Å². The first-order valence-corrected chi connectivity index (χ1v) is 8.55. The van der Waals surface area contributed by atoms with Crippen molar-refractivity contribution in [2.45, 2.75) is 46.4 Å². The predicted molar refractivity (Wildman–Crippen MR) is 87.5 cm³/mol. The van der Waals surface area contributed by atoms with Gasteiger partial charge in [0.2, 0.25) is 10.0 Å². The van der Waals surface area contributed by atoms with Gasteiger partial charge in [0.25, 0.3) is 0 Å². The largest absolute Gasteiger partial charge is 0.324 e. The molecule has 4 N–H and O–H groups in total. The fraction of sp³-hybridized carbons (Fsp3) is 0.600. The van der Waals surface area contributed by atoms with E-state index in [1.807, 2.05) is 6.92 Å². The van der Waals surface area contributed by atoms with Crippen LogP contribution in [0, 0.1) is 25.2 Å². The Balaban J connectivity index is 3.04. The van der Waals surface area contributed by atoms with Crippen molar-refractivity contribution in [2.75, 3.05) is 12.0 Å². The lowest BCUT2D eigenvalue weighted by Gasteiger charge is -2.27. The standard InChI is InChI=1S/C15H27N3O2S/c1-10-7-13(18-16)8-11(2)14(10)21(19,20)17-9-12(3)15(4,5)6/h7-8,12,17-18H,9,16H2,1-6H3. The van der Waals surface area contributed by atoms with Crippen LogP contribution < -0.4 is 16.0 Å². The Hall–Kier alpha value is -1.11. The van der Waals surface area contributed by atoms with Crippen molar-refractivity contribution in [3.05, 3.63) is 23.3 Å². The molecule has 0 saturated heterocycles. The number of aryl methyl sites for hydroxylation is 2. The van der Waals surface area contributed by atoms with Gasteiger partial charge in [0.15, 0.2) is 0 Å². The van der Waals surface area contributed by atoms with Gasteiger partial charge in [0.05, 0.1) is 4.90 Å². The number of nitrogens with one attached hydrogen (secondary N) is 2. The first-order valence-electron chi connectivity index (χ1n) is 7.06. The molecule has 1 rings (SSSR count). The molecule has 0 aliphatic heterocycles. The molecule has 0 fully saturated rings. The number of rotatable bonds is 5. The highest BCUT2D eigenvalue weighted by Crippen LogP contribution is 2.27. The van der Waals surface area contributed by atoms with Crippen molar-refractivity contribution >= 4 is 15.7 Å². The molecule has 1 aromatic carbocycles. The highest BCUT2D eigenvalue weighted by molar-refractivity contribution is 7.89. The lowest BCUT2D eigenvalue weighted by Crippen LogP contribution is -2.34. The highest BCUT2D eigenvalue weighted by atomic mass is 32.2. The van der Waals surface area contributed by atoms with E-state index in [4.69, 9.17) is 5.84 Å². The van der Waals surface area contributed by atoms with Gasteiger partial charge in [-0.05, 0) is 48.4 Å². The first-order chi connectivity index (χ1) is 9.49. The molecule has 1 aromatic rings. The Labute approximate surface area is 128 Å². The summed E-state index contributed by atoms with van der Waals surface area (Å²) < 4.78 is 27.8. The van der Waals surface area contributed by atoms with Crippen LogP contribution in [0.5, 0.6) is 0 Å². The van der Waals surface area contributed by atoms with Crippen LogP contribution in [0.25, 0.3) is 0 Å². The summed E-state index contributed by atoms with van der Waals surface area (Å²) in [6, 6.07) is 3.46. The first kappa shape index (κ1) is 17.9. The van der Waals surface area contributed by atoms with E-state index in [0.717, 1.165) is 0 Å². The zero-order chi connectivity index (χ0) is 16.4. The summed E-state index contributed by atoms with van der Waals surface area (Å²) in [6.45, 7) is 12.3. The van der Waals surface area contributed by atoms with Crippen LogP contribution in [0.4, 0.5) is 5.69 Å². The SMILES string of the molecule is Cc1cc(NN)cc(C)c1S(=O)(=O)NCC(C)C(C)(C)C. The third-order valence-corrected chi connectivity index (χ3v) is 5.68. The van der Waals surface area contributed by atoms with E-state index in [2.05, 4.69) is 30.9 Å². The number of benzene rings is 1. The molecule has 0 aromatic heterocycles. The van der Waals surface area contributed by atoms with Crippen molar-refractivity contribution in [1.82, 2.24) is 4.72 Å². The maximum Gasteiger partial charge on any atom is 0.241 e. The molecule has 0 bridgehead atoms. The van der Waals surface area contributed by atoms with Crippen LogP contribution in [0.2, 0.25) is 0 Å². The third kappa shape index (κ3) is 4.43. The lowest BCUT2D eigenvalue weighted by molar-refractivity contribution is 0.263. The van der Waals surface area contributed by atoms with Gasteiger partial charge in [-0.15, -0.1) is 0 Å². The molecule has 6 heteroatoms. The number of nitrogen functional groups attached to an aromatic ring is 1. The summed E-state index contributed by atoms with van der Waals surface area (Å²) >= 11 is 0. The number of nitrogens with two attached hydrogens (primary N) is 1. The quantitative estimate of drug-likeness (QED) is 0.576. The second-order valence-corrected chi connectivity index (χ2v) is 8.41. The minimum absolute atomic E-state index is 0.0555. The molecule has 0 heterocycles. The Kier molecular flexibility index (Phi) is 5.41. The van der Waals surface area contributed by atoms with Gasteiger partial charge in [-0.3, -0.25) is 5.84 Å². The van der Waals surface area contributed by atoms with E-state index in [9.17, 15) is 8.42 Å². The van der Waals surface area contributed by atoms with Gasteiger partial charge in [-0.25, -0.2) is 13.1 Å². The van der Waals surface area contributed by atoms with Crippen molar-refractivity contribution < 1.29 is 8.42 Å². The van der Waals surface area contributed by atoms with Crippen molar-refractivity contribution in [1.29, 1.82) is 0 Å². The number of anilines is 1. The molecule has 0 aliphatic rings. The van der Waals surface area contributed by atoms with Crippen LogP contribution in [0.1, 0.15) is 38.8 Å². The predicted octanol–water partition coefficient (Wildman–Crippen LogP) is 2.55. The van der Waals surface area contributed by atoms with Gasteiger partial charge < -0.3 is 5.43 Å². The van der Waals surface area contributed by atoms with Crippen molar-refractivity contribution in [3.63, 3.8) is 0 Å². The summed E-state index contributed by atoms with van der Waals surface area (Å²) in [6.07, 6.45) is 0. The van der Waals surface area contributed by atoms with Crippen LogP contribution in [0.3, 0.4) is 0 Å². The monoisotopic (exact) mass is 313 g/mol. The zero-order valence-electron chi connectivity index (χ0n) is 13.7. The van der Waals surface area contributed by atoms with Crippen LogP contribution in [0.15, 0.2) is 17.0 Å². The summed E-state index contributed by atoms with van der Waals surface area (Å²) in [5.74, 6) is 5.61. The summed E-state index contributed by atoms with van der Waals surface area (Å²) in [5, 5.41) is 0. The Morgan fingerprint density at radius 2 is 1.67 bits per heavy atom. The topological polar surface area (TPSA) is 84.2 Å². The molecule has 1 atom stereocenters. The maximum atomic E-state index is 12.5. The Morgan fingerprint density at radius 1 is 1.19 bits per heavy atom. The fourth-order valence-corrected chi connectivity index (χ4v) is 3.65. The summed E-state index contributed by atoms with van der Waals surface area (Å²) in [7, 11) is -3.52. The van der Waals surface area contributed by atoms with E-state index in [-0.39, 0.29) is 11.3 Å². The molecule has 120 valence electrons. The fourth-order valence-electron chi connectivity index (χ4n) is 2.07. The van der Waals surface area contributed by atoms with E-state index < -0.39 is 10.0 Å². The van der Waals surface area contributed by atoms with Crippen LogP contribution in [-0.4, -0.2) is 15.0 Å². The second kappa shape index (κ2) is 6.34. The highest BCUT2D eigenvalue weighted by Gasteiger charge is 2.24. The Bertz CT molecular complexity index is 581. The van der Waals surface area contributed by atoms with Gasteiger partial charge in [0.1, 0.15) is 0 Å². The van der Waals surface area contributed by atoms with Gasteiger partial charge in [-0.2, -0.15) is 0 Å². The van der Waals surface area contributed by atoms with Crippen LogP contribution in [-0.2, 0) is 10.0 Å². The molecule has 0 saturated carbocycles. The van der Waals surface area contributed by atoms with Crippen LogP contribution >= 0.6 is 0 Å². The van der Waals surface area contributed by atoms with E-state index in [1.165, 1.54) is 0 Å². The normalized spacial score (nSPS) is 14.0.